The van der Waals surface area contributed by atoms with Gasteiger partial charge in [-0.05, 0) is 13.0 Å². The van der Waals surface area contributed by atoms with Gasteiger partial charge in [0.1, 0.15) is 28.5 Å². The predicted molar refractivity (Wildman–Crippen MR) is 59.5 cm³/mol. The summed E-state index contributed by atoms with van der Waals surface area (Å²) in [6.45, 7) is 1.56. The zero-order valence-corrected chi connectivity index (χ0v) is 9.99. The van der Waals surface area contributed by atoms with Gasteiger partial charge in [0.15, 0.2) is 5.75 Å². The minimum atomic E-state index is -1.01. The number of aromatic hydroxyl groups is 1. The van der Waals surface area contributed by atoms with Crippen LogP contribution in [0.25, 0.3) is 0 Å². The van der Waals surface area contributed by atoms with Crippen LogP contribution in [0.4, 0.5) is 0 Å². The quantitative estimate of drug-likeness (QED) is 0.749. The Bertz CT molecular complexity index is 485. The summed E-state index contributed by atoms with van der Waals surface area (Å²) in [6, 6.07) is 1.43. The van der Waals surface area contributed by atoms with Gasteiger partial charge < -0.3 is 19.7 Å². The smallest absolute Gasteiger partial charge is 0.342 e. The lowest BCUT2D eigenvalue weighted by Crippen LogP contribution is -2.30. The molecule has 0 aliphatic carbocycles. The number of hydrogen-bond donors (Lipinski definition) is 2. The van der Waals surface area contributed by atoms with Gasteiger partial charge in [0.25, 0.3) is 0 Å². The van der Waals surface area contributed by atoms with E-state index in [-0.39, 0.29) is 21.9 Å². The molecule has 1 aromatic rings. The van der Waals surface area contributed by atoms with Crippen molar-refractivity contribution in [2.45, 2.75) is 19.1 Å². The van der Waals surface area contributed by atoms with Crippen LogP contribution in [-0.4, -0.2) is 29.4 Å². The minimum absolute atomic E-state index is 0.0787. The molecule has 6 heteroatoms. The van der Waals surface area contributed by atoms with Gasteiger partial charge >= 0.3 is 5.97 Å². The molecule has 17 heavy (non-hydrogen) atoms. The molecule has 0 saturated carbocycles. The number of ether oxygens (including phenoxy) is 2. The third kappa shape index (κ3) is 1.71. The van der Waals surface area contributed by atoms with Crippen molar-refractivity contribution in [1.82, 2.24) is 0 Å². The summed E-state index contributed by atoms with van der Waals surface area (Å²) in [5, 5.41) is 19.6. The van der Waals surface area contributed by atoms with Gasteiger partial charge in [0.05, 0.1) is 7.11 Å². The van der Waals surface area contributed by atoms with E-state index >= 15 is 0 Å². The second-order valence-corrected chi connectivity index (χ2v) is 4.14. The number of methoxy groups -OCH3 is 1. The van der Waals surface area contributed by atoms with E-state index in [0.717, 1.165) is 0 Å². The zero-order chi connectivity index (χ0) is 12.7. The molecule has 0 unspecified atom stereocenters. The van der Waals surface area contributed by atoms with E-state index in [9.17, 15) is 15.0 Å². The molecule has 0 spiro atoms. The highest BCUT2D eigenvalue weighted by Crippen LogP contribution is 2.43. The number of aliphatic hydroxyl groups excluding tert-OH is 1. The number of cyclic esters (lactones) is 1. The van der Waals surface area contributed by atoms with Gasteiger partial charge in [0.2, 0.25) is 0 Å². The molecule has 0 bridgehead atoms. The van der Waals surface area contributed by atoms with Crippen molar-refractivity contribution in [2.75, 3.05) is 7.11 Å². The van der Waals surface area contributed by atoms with Crippen molar-refractivity contribution in [2.24, 2.45) is 0 Å². The van der Waals surface area contributed by atoms with Crippen LogP contribution in [0.2, 0.25) is 5.02 Å². The number of carbonyl (C=O) groups excluding carboxylic acids is 1. The summed E-state index contributed by atoms with van der Waals surface area (Å²) in [7, 11) is 1.38. The first kappa shape index (κ1) is 12.0. The molecule has 0 saturated heterocycles. The summed E-state index contributed by atoms with van der Waals surface area (Å²) >= 11 is 5.82. The number of hydrogen-bond acceptors (Lipinski definition) is 5. The first-order valence-electron chi connectivity index (χ1n) is 4.95. The summed E-state index contributed by atoms with van der Waals surface area (Å²) in [4.78, 5) is 11.6. The molecule has 2 rings (SSSR count). The SMILES string of the molecule is COc1cc2c(c(O)c1Cl)C(=O)O[C@@H](C)[C@H]2O. The van der Waals surface area contributed by atoms with Crippen molar-refractivity contribution < 1.29 is 24.5 Å². The topological polar surface area (TPSA) is 76.0 Å². The van der Waals surface area contributed by atoms with E-state index in [1.165, 1.54) is 13.2 Å². The maximum atomic E-state index is 11.6. The van der Waals surface area contributed by atoms with Crippen LogP contribution < -0.4 is 4.74 Å². The molecular weight excluding hydrogens is 248 g/mol. The Labute approximate surface area is 103 Å². The van der Waals surface area contributed by atoms with Crippen LogP contribution >= 0.6 is 11.6 Å². The highest BCUT2D eigenvalue weighted by molar-refractivity contribution is 6.34. The third-order valence-electron chi connectivity index (χ3n) is 2.72. The largest absolute Gasteiger partial charge is 0.505 e. The molecule has 2 atom stereocenters. The predicted octanol–water partition coefficient (Wildman–Crippen LogP) is 1.65. The van der Waals surface area contributed by atoms with E-state index in [1.807, 2.05) is 0 Å². The second kappa shape index (κ2) is 4.09. The lowest BCUT2D eigenvalue weighted by molar-refractivity contribution is -0.0217. The van der Waals surface area contributed by atoms with Crippen molar-refractivity contribution in [3.05, 3.63) is 22.2 Å². The maximum absolute atomic E-state index is 11.6. The van der Waals surface area contributed by atoms with Gasteiger partial charge in [-0.2, -0.15) is 0 Å². The maximum Gasteiger partial charge on any atom is 0.342 e. The van der Waals surface area contributed by atoms with Crippen LogP contribution in [-0.2, 0) is 4.74 Å². The monoisotopic (exact) mass is 258 g/mol. The van der Waals surface area contributed by atoms with Crippen molar-refractivity contribution >= 4 is 17.6 Å². The summed E-state index contributed by atoms with van der Waals surface area (Å²) in [5.41, 5.74) is 0.147. The van der Waals surface area contributed by atoms with E-state index in [4.69, 9.17) is 21.1 Å². The Morgan fingerprint density at radius 2 is 2.18 bits per heavy atom. The normalized spacial score (nSPS) is 22.9. The van der Waals surface area contributed by atoms with E-state index in [1.54, 1.807) is 6.92 Å². The third-order valence-corrected chi connectivity index (χ3v) is 3.08. The first-order valence-corrected chi connectivity index (χ1v) is 5.33. The number of rotatable bonds is 1. The van der Waals surface area contributed by atoms with Crippen LogP contribution in [0.3, 0.4) is 0 Å². The molecule has 0 fully saturated rings. The van der Waals surface area contributed by atoms with Crippen LogP contribution in [0, 0.1) is 0 Å². The summed E-state index contributed by atoms with van der Waals surface area (Å²) in [5.74, 6) is -0.944. The molecule has 92 valence electrons. The molecule has 2 N–H and O–H groups in total. The van der Waals surface area contributed by atoms with Crippen molar-refractivity contribution in [3.63, 3.8) is 0 Å². The highest BCUT2D eigenvalue weighted by atomic mass is 35.5. The number of fused-ring (bicyclic) bond motifs is 1. The van der Waals surface area contributed by atoms with Crippen LogP contribution in [0.5, 0.6) is 11.5 Å². The Morgan fingerprint density at radius 1 is 1.53 bits per heavy atom. The van der Waals surface area contributed by atoms with Gasteiger partial charge in [-0.3, -0.25) is 0 Å². The Hall–Kier alpha value is -1.46. The van der Waals surface area contributed by atoms with E-state index < -0.39 is 23.9 Å². The van der Waals surface area contributed by atoms with E-state index in [0.29, 0.717) is 0 Å². The Morgan fingerprint density at radius 3 is 2.76 bits per heavy atom. The first-order chi connectivity index (χ1) is 7.97. The van der Waals surface area contributed by atoms with E-state index in [2.05, 4.69) is 0 Å². The lowest BCUT2D eigenvalue weighted by Gasteiger charge is -2.28. The van der Waals surface area contributed by atoms with Crippen LogP contribution in [0.15, 0.2) is 6.07 Å². The molecular formula is C11H11ClO5. The number of esters is 1. The number of carbonyl (C=O) groups is 1. The Balaban J connectivity index is 2.70. The van der Waals surface area contributed by atoms with Crippen LogP contribution in [0.1, 0.15) is 28.9 Å². The van der Waals surface area contributed by atoms with Gasteiger partial charge in [-0.25, -0.2) is 4.79 Å². The fourth-order valence-electron chi connectivity index (χ4n) is 1.78. The summed E-state index contributed by atoms with van der Waals surface area (Å²) < 4.78 is 9.84. The molecule has 0 aromatic heterocycles. The van der Waals surface area contributed by atoms with Gasteiger partial charge in [0, 0.05) is 5.56 Å². The zero-order valence-electron chi connectivity index (χ0n) is 9.23. The molecule has 1 aliphatic rings. The summed E-state index contributed by atoms with van der Waals surface area (Å²) in [6.07, 6.45) is -1.69. The Kier molecular flexibility index (Phi) is 2.89. The fraction of sp³-hybridized carbons (Fsp3) is 0.364. The molecule has 1 aliphatic heterocycles. The number of halogens is 1. The van der Waals surface area contributed by atoms with Gasteiger partial charge in [-0.1, -0.05) is 11.6 Å². The molecule has 1 aromatic carbocycles. The van der Waals surface area contributed by atoms with Crippen molar-refractivity contribution in [3.8, 4) is 11.5 Å². The molecule has 0 radical (unpaired) electrons. The fourth-order valence-corrected chi connectivity index (χ4v) is 2.01. The highest BCUT2D eigenvalue weighted by Gasteiger charge is 2.36. The number of aliphatic hydroxyl groups is 1. The lowest BCUT2D eigenvalue weighted by atomic mass is 9.95. The number of phenolic OH excluding ortho intramolecular Hbond substituents is 1. The number of phenols is 1. The average Bonchev–Trinajstić information content (AvgIpc) is 2.29. The second-order valence-electron chi connectivity index (χ2n) is 3.76. The van der Waals surface area contributed by atoms with Crippen molar-refractivity contribution in [1.29, 1.82) is 0 Å². The molecule has 1 heterocycles. The molecule has 0 amide bonds. The number of benzene rings is 1. The average molecular weight is 259 g/mol. The minimum Gasteiger partial charge on any atom is -0.505 e. The van der Waals surface area contributed by atoms with Gasteiger partial charge in [-0.15, -0.1) is 0 Å². The molecule has 5 nitrogen and oxygen atoms in total. The standard InChI is InChI=1S/C11H11ClO5/c1-4-9(13)5-3-6(16-2)8(12)10(14)7(5)11(15)17-4/h3-4,9,13-14H,1-2H3/t4-,9+/m0/s1.